The summed E-state index contributed by atoms with van der Waals surface area (Å²) < 4.78 is 11.0. The van der Waals surface area contributed by atoms with E-state index in [0.717, 1.165) is 24.2 Å². The van der Waals surface area contributed by atoms with Crippen LogP contribution in [0.2, 0.25) is 0 Å². The number of piperidine rings is 1. The van der Waals surface area contributed by atoms with E-state index in [0.29, 0.717) is 24.4 Å². The third-order valence-corrected chi connectivity index (χ3v) is 4.31. The number of carbonyl (C=O) groups is 1. The van der Waals surface area contributed by atoms with Crippen LogP contribution in [-0.2, 0) is 4.74 Å². The van der Waals surface area contributed by atoms with Crippen molar-refractivity contribution in [2.24, 2.45) is 5.73 Å². The average molecular weight is 280 g/mol. The number of methoxy groups -OCH3 is 1. The highest BCUT2D eigenvalue weighted by Gasteiger charge is 2.33. The van der Waals surface area contributed by atoms with E-state index >= 15 is 0 Å². The fourth-order valence-corrected chi connectivity index (χ4v) is 2.97. The maximum absolute atomic E-state index is 12.8. The molecule has 0 bridgehead atoms. The molecule has 5 heteroatoms. The van der Waals surface area contributed by atoms with E-state index in [-0.39, 0.29) is 18.1 Å². The number of hydrogen-bond donors (Lipinski definition) is 1. The summed E-state index contributed by atoms with van der Waals surface area (Å²) in [4.78, 5) is 14.7. The standard InChI is InChI=1S/C15H24N2O3/c1-9-10(2)20-11(3)14(9)15(18)17-6-5-13(19-4)7-12(17)8-16/h12-13H,5-8,16H2,1-4H3. The lowest BCUT2D eigenvalue weighted by molar-refractivity contribution is 0.0138. The first-order valence-electron chi connectivity index (χ1n) is 7.10. The van der Waals surface area contributed by atoms with Gasteiger partial charge in [0.05, 0.1) is 11.7 Å². The number of likely N-dealkylation sites (tertiary alicyclic amines) is 1. The van der Waals surface area contributed by atoms with Crippen molar-refractivity contribution in [1.29, 1.82) is 0 Å². The molecule has 2 N–H and O–H groups in total. The van der Waals surface area contributed by atoms with E-state index in [4.69, 9.17) is 14.9 Å². The van der Waals surface area contributed by atoms with Gasteiger partial charge in [-0.2, -0.15) is 0 Å². The first-order valence-corrected chi connectivity index (χ1v) is 7.10. The average Bonchev–Trinajstić information content (AvgIpc) is 2.70. The van der Waals surface area contributed by atoms with Gasteiger partial charge in [-0.15, -0.1) is 0 Å². The van der Waals surface area contributed by atoms with Crippen LogP contribution in [0.5, 0.6) is 0 Å². The predicted octanol–water partition coefficient (Wildman–Crippen LogP) is 1.78. The van der Waals surface area contributed by atoms with Crippen molar-refractivity contribution < 1.29 is 13.9 Å². The Hall–Kier alpha value is -1.33. The largest absolute Gasteiger partial charge is 0.466 e. The molecular formula is C15H24N2O3. The van der Waals surface area contributed by atoms with Gasteiger partial charge < -0.3 is 19.8 Å². The summed E-state index contributed by atoms with van der Waals surface area (Å²) in [5, 5.41) is 0. The van der Waals surface area contributed by atoms with Crippen LogP contribution in [0.4, 0.5) is 0 Å². The first kappa shape index (κ1) is 15.1. The molecule has 1 saturated heterocycles. The SMILES string of the molecule is COC1CCN(C(=O)c2c(C)oc(C)c2C)C(CN)C1. The van der Waals surface area contributed by atoms with Gasteiger partial charge in [0.15, 0.2) is 0 Å². The summed E-state index contributed by atoms with van der Waals surface area (Å²) in [5.74, 6) is 1.53. The molecule has 0 radical (unpaired) electrons. The second-order valence-electron chi connectivity index (χ2n) is 5.48. The molecule has 1 aromatic heterocycles. The van der Waals surface area contributed by atoms with Crippen molar-refractivity contribution in [3.05, 3.63) is 22.6 Å². The molecule has 0 spiro atoms. The van der Waals surface area contributed by atoms with Gasteiger partial charge in [0, 0.05) is 31.8 Å². The van der Waals surface area contributed by atoms with E-state index in [9.17, 15) is 4.79 Å². The number of furan rings is 1. The molecule has 0 saturated carbocycles. The Morgan fingerprint density at radius 2 is 2.10 bits per heavy atom. The number of nitrogens with zero attached hydrogens (tertiary/aromatic N) is 1. The zero-order valence-electron chi connectivity index (χ0n) is 12.7. The smallest absolute Gasteiger partial charge is 0.257 e. The van der Waals surface area contributed by atoms with Gasteiger partial charge in [-0.3, -0.25) is 4.79 Å². The van der Waals surface area contributed by atoms with Crippen molar-refractivity contribution in [1.82, 2.24) is 4.90 Å². The topological polar surface area (TPSA) is 68.7 Å². The fourth-order valence-electron chi connectivity index (χ4n) is 2.97. The molecule has 5 nitrogen and oxygen atoms in total. The van der Waals surface area contributed by atoms with Crippen LogP contribution < -0.4 is 5.73 Å². The van der Waals surface area contributed by atoms with Gasteiger partial charge in [0.2, 0.25) is 0 Å². The number of rotatable bonds is 3. The summed E-state index contributed by atoms with van der Waals surface area (Å²) >= 11 is 0. The molecule has 0 aromatic carbocycles. The monoisotopic (exact) mass is 280 g/mol. The van der Waals surface area contributed by atoms with Crippen LogP contribution >= 0.6 is 0 Å². The molecule has 2 unspecified atom stereocenters. The molecule has 2 rings (SSSR count). The lowest BCUT2D eigenvalue weighted by Crippen LogP contribution is -2.51. The number of carbonyl (C=O) groups excluding carboxylic acids is 1. The normalized spacial score (nSPS) is 23.1. The van der Waals surface area contributed by atoms with Crippen LogP contribution in [0, 0.1) is 20.8 Å². The van der Waals surface area contributed by atoms with Gasteiger partial charge in [-0.05, 0) is 33.6 Å². The number of aryl methyl sites for hydroxylation is 2. The fraction of sp³-hybridized carbons (Fsp3) is 0.667. The van der Waals surface area contributed by atoms with Crippen LogP contribution in [0.3, 0.4) is 0 Å². The minimum Gasteiger partial charge on any atom is -0.466 e. The summed E-state index contributed by atoms with van der Waals surface area (Å²) in [7, 11) is 1.71. The number of nitrogens with two attached hydrogens (primary N) is 1. The predicted molar refractivity (Wildman–Crippen MR) is 76.8 cm³/mol. The van der Waals surface area contributed by atoms with Gasteiger partial charge in [0.1, 0.15) is 11.5 Å². The molecule has 1 aromatic rings. The Bertz CT molecular complexity index is 496. The van der Waals surface area contributed by atoms with Gasteiger partial charge in [-0.1, -0.05) is 0 Å². The third-order valence-electron chi connectivity index (χ3n) is 4.31. The molecular weight excluding hydrogens is 256 g/mol. The van der Waals surface area contributed by atoms with Crippen LogP contribution in [-0.4, -0.2) is 43.2 Å². The van der Waals surface area contributed by atoms with E-state index in [1.807, 2.05) is 25.7 Å². The maximum atomic E-state index is 12.8. The summed E-state index contributed by atoms with van der Waals surface area (Å²) in [5.41, 5.74) is 7.45. The molecule has 2 heterocycles. The first-order chi connectivity index (χ1) is 9.49. The molecule has 112 valence electrons. The number of ether oxygens (including phenoxy) is 1. The van der Waals surface area contributed by atoms with Crippen LogP contribution in [0.15, 0.2) is 4.42 Å². The Balaban J connectivity index is 2.24. The summed E-state index contributed by atoms with van der Waals surface area (Å²) in [6.45, 7) is 6.80. The molecule has 1 amide bonds. The summed E-state index contributed by atoms with van der Waals surface area (Å²) in [6.07, 6.45) is 1.85. The lowest BCUT2D eigenvalue weighted by atomic mass is 9.97. The summed E-state index contributed by atoms with van der Waals surface area (Å²) in [6, 6.07) is 0.0372. The van der Waals surface area contributed by atoms with Gasteiger partial charge >= 0.3 is 0 Å². The lowest BCUT2D eigenvalue weighted by Gasteiger charge is -2.38. The van der Waals surface area contributed by atoms with Crippen molar-refractivity contribution in [3.8, 4) is 0 Å². The van der Waals surface area contributed by atoms with Crippen molar-refractivity contribution >= 4 is 5.91 Å². The van der Waals surface area contributed by atoms with E-state index in [1.165, 1.54) is 0 Å². The zero-order valence-corrected chi connectivity index (χ0v) is 12.7. The van der Waals surface area contributed by atoms with Crippen molar-refractivity contribution in [2.45, 2.75) is 45.8 Å². The highest BCUT2D eigenvalue weighted by atomic mass is 16.5. The molecule has 0 aliphatic carbocycles. The van der Waals surface area contributed by atoms with Gasteiger partial charge in [-0.25, -0.2) is 0 Å². The Kier molecular flexibility index (Phi) is 4.50. The Morgan fingerprint density at radius 3 is 2.60 bits per heavy atom. The van der Waals surface area contributed by atoms with E-state index in [1.54, 1.807) is 7.11 Å². The van der Waals surface area contributed by atoms with Crippen LogP contribution in [0.25, 0.3) is 0 Å². The highest BCUT2D eigenvalue weighted by molar-refractivity contribution is 5.97. The Morgan fingerprint density at radius 1 is 1.40 bits per heavy atom. The Labute approximate surface area is 120 Å². The number of hydrogen-bond acceptors (Lipinski definition) is 4. The zero-order chi connectivity index (χ0) is 14.9. The minimum atomic E-state index is 0.0295. The molecule has 1 fully saturated rings. The van der Waals surface area contributed by atoms with Gasteiger partial charge in [0.25, 0.3) is 5.91 Å². The molecule has 2 atom stereocenters. The minimum absolute atomic E-state index is 0.0295. The molecule has 1 aliphatic heterocycles. The second-order valence-corrected chi connectivity index (χ2v) is 5.48. The number of amides is 1. The maximum Gasteiger partial charge on any atom is 0.257 e. The van der Waals surface area contributed by atoms with Crippen LogP contribution in [0.1, 0.15) is 40.3 Å². The van der Waals surface area contributed by atoms with E-state index < -0.39 is 0 Å². The molecule has 1 aliphatic rings. The van der Waals surface area contributed by atoms with E-state index in [2.05, 4.69) is 0 Å². The van der Waals surface area contributed by atoms with Crippen molar-refractivity contribution in [2.75, 3.05) is 20.2 Å². The quantitative estimate of drug-likeness (QED) is 0.916. The molecule has 20 heavy (non-hydrogen) atoms. The van der Waals surface area contributed by atoms with Crippen molar-refractivity contribution in [3.63, 3.8) is 0 Å². The third kappa shape index (κ3) is 2.60. The highest BCUT2D eigenvalue weighted by Crippen LogP contribution is 2.26. The second kappa shape index (κ2) is 5.97.